The lowest BCUT2D eigenvalue weighted by atomic mass is 10.1. The minimum Gasteiger partial charge on any atom is -0.377 e. The number of hydrogen-bond donors (Lipinski definition) is 0. The van der Waals surface area contributed by atoms with Crippen molar-refractivity contribution in [2.75, 3.05) is 39.2 Å². The lowest BCUT2D eigenvalue weighted by Crippen LogP contribution is -2.33. The molecule has 0 aliphatic carbocycles. The van der Waals surface area contributed by atoms with Crippen LogP contribution in [0.25, 0.3) is 0 Å². The predicted octanol–water partition coefficient (Wildman–Crippen LogP) is 1.54. The molecule has 5 nitrogen and oxygen atoms in total. The Balaban J connectivity index is 1.82. The molecule has 1 aromatic rings. The number of aromatic nitrogens is 2. The number of anilines is 1. The van der Waals surface area contributed by atoms with E-state index >= 15 is 0 Å². The summed E-state index contributed by atoms with van der Waals surface area (Å²) in [5.41, 5.74) is 1.14. The molecule has 5 heteroatoms. The first-order valence-electron chi connectivity index (χ1n) is 6.93. The average molecular weight is 264 g/mol. The van der Waals surface area contributed by atoms with Gasteiger partial charge >= 0.3 is 0 Å². The van der Waals surface area contributed by atoms with Gasteiger partial charge in [0, 0.05) is 51.7 Å². The van der Waals surface area contributed by atoms with Crippen molar-refractivity contribution in [1.82, 2.24) is 14.9 Å². The van der Waals surface area contributed by atoms with Gasteiger partial charge in [-0.3, -0.25) is 4.90 Å². The number of likely N-dealkylation sites (N-methyl/N-ethyl adjacent to an activating group) is 1. The fraction of sp³-hybridized carbons (Fsp3) is 0.714. The maximum absolute atomic E-state index is 5.76. The van der Waals surface area contributed by atoms with Crippen LogP contribution in [0.4, 0.5) is 5.95 Å². The van der Waals surface area contributed by atoms with Gasteiger partial charge < -0.3 is 9.64 Å². The van der Waals surface area contributed by atoms with Crippen molar-refractivity contribution in [3.8, 4) is 0 Å². The van der Waals surface area contributed by atoms with Gasteiger partial charge in [-0.05, 0) is 26.3 Å². The molecule has 19 heavy (non-hydrogen) atoms. The van der Waals surface area contributed by atoms with E-state index in [9.17, 15) is 0 Å². The van der Waals surface area contributed by atoms with E-state index in [4.69, 9.17) is 4.74 Å². The monoisotopic (exact) mass is 264 g/mol. The second-order valence-electron chi connectivity index (χ2n) is 5.47. The van der Waals surface area contributed by atoms with Crippen LogP contribution in [0, 0.1) is 0 Å². The Morgan fingerprint density at radius 2 is 1.95 bits per heavy atom. The van der Waals surface area contributed by atoms with Crippen LogP contribution in [0.15, 0.2) is 12.4 Å². The van der Waals surface area contributed by atoms with Gasteiger partial charge in [-0.1, -0.05) is 0 Å². The van der Waals surface area contributed by atoms with Crippen LogP contribution >= 0.6 is 0 Å². The molecule has 0 spiro atoms. The number of hydrogen-bond acceptors (Lipinski definition) is 5. The second kappa shape index (κ2) is 6.82. The minimum atomic E-state index is 0.390. The summed E-state index contributed by atoms with van der Waals surface area (Å²) in [7, 11) is 6.01. The lowest BCUT2D eigenvalue weighted by molar-refractivity contribution is -0.00261. The Kier molecular flexibility index (Phi) is 5.10. The van der Waals surface area contributed by atoms with Crippen LogP contribution in [-0.2, 0) is 11.3 Å². The molecule has 0 radical (unpaired) electrons. The summed E-state index contributed by atoms with van der Waals surface area (Å²) in [6.07, 6.45) is 7.88. The fourth-order valence-corrected chi connectivity index (χ4v) is 2.34. The van der Waals surface area contributed by atoms with Gasteiger partial charge in [0.2, 0.25) is 5.95 Å². The molecule has 1 fully saturated rings. The summed E-state index contributed by atoms with van der Waals surface area (Å²) < 4.78 is 5.76. The highest BCUT2D eigenvalue weighted by molar-refractivity contribution is 5.26. The van der Waals surface area contributed by atoms with Crippen molar-refractivity contribution >= 4 is 5.95 Å². The third-order valence-corrected chi connectivity index (χ3v) is 3.33. The first-order valence-corrected chi connectivity index (χ1v) is 6.93. The van der Waals surface area contributed by atoms with Crippen molar-refractivity contribution in [3.63, 3.8) is 0 Å². The standard InChI is InChI=1S/C14H24N4O/c1-17(2)14-15-8-12(9-16-14)10-18(3)11-13-6-4-5-7-19-13/h8-9,13H,4-7,10-11H2,1-3H3/t13-/m1/s1. The Morgan fingerprint density at radius 3 is 2.53 bits per heavy atom. The van der Waals surface area contributed by atoms with E-state index in [2.05, 4.69) is 21.9 Å². The smallest absolute Gasteiger partial charge is 0.224 e. The van der Waals surface area contributed by atoms with Gasteiger partial charge in [0.15, 0.2) is 0 Å². The van der Waals surface area contributed by atoms with E-state index < -0.39 is 0 Å². The van der Waals surface area contributed by atoms with Crippen LogP contribution in [-0.4, -0.2) is 55.3 Å². The summed E-state index contributed by atoms with van der Waals surface area (Å²) >= 11 is 0. The number of rotatable bonds is 5. The molecule has 0 unspecified atom stereocenters. The number of nitrogens with zero attached hydrogens (tertiary/aromatic N) is 4. The maximum Gasteiger partial charge on any atom is 0.224 e. The summed E-state index contributed by atoms with van der Waals surface area (Å²) in [4.78, 5) is 12.9. The largest absolute Gasteiger partial charge is 0.377 e. The first-order chi connectivity index (χ1) is 9.15. The molecule has 2 rings (SSSR count). The van der Waals surface area contributed by atoms with Crippen molar-refractivity contribution in [1.29, 1.82) is 0 Å². The molecule has 1 saturated heterocycles. The van der Waals surface area contributed by atoms with Crippen LogP contribution in [0.1, 0.15) is 24.8 Å². The zero-order chi connectivity index (χ0) is 13.7. The molecule has 0 N–H and O–H groups in total. The van der Waals surface area contributed by atoms with Crippen molar-refractivity contribution in [3.05, 3.63) is 18.0 Å². The highest BCUT2D eigenvalue weighted by Crippen LogP contribution is 2.14. The molecule has 1 aliphatic heterocycles. The molecule has 1 aliphatic rings. The van der Waals surface area contributed by atoms with Gasteiger partial charge in [0.1, 0.15) is 0 Å². The minimum absolute atomic E-state index is 0.390. The number of ether oxygens (including phenoxy) is 1. The van der Waals surface area contributed by atoms with Crippen LogP contribution in [0.5, 0.6) is 0 Å². The van der Waals surface area contributed by atoms with E-state index in [-0.39, 0.29) is 0 Å². The molecule has 106 valence electrons. The van der Waals surface area contributed by atoms with Gasteiger partial charge in [0.05, 0.1) is 6.10 Å². The third kappa shape index (κ3) is 4.44. The predicted molar refractivity (Wildman–Crippen MR) is 76.3 cm³/mol. The van der Waals surface area contributed by atoms with Gasteiger partial charge in [-0.15, -0.1) is 0 Å². The van der Waals surface area contributed by atoms with Crippen molar-refractivity contribution in [2.24, 2.45) is 0 Å². The topological polar surface area (TPSA) is 41.5 Å². The molecule has 0 aromatic carbocycles. The first kappa shape index (κ1) is 14.2. The van der Waals surface area contributed by atoms with Crippen LogP contribution in [0.3, 0.4) is 0 Å². The lowest BCUT2D eigenvalue weighted by Gasteiger charge is -2.27. The third-order valence-electron chi connectivity index (χ3n) is 3.33. The molecule has 1 aromatic heterocycles. The van der Waals surface area contributed by atoms with Crippen LogP contribution < -0.4 is 4.90 Å². The second-order valence-corrected chi connectivity index (χ2v) is 5.47. The Labute approximate surface area is 115 Å². The Hall–Kier alpha value is -1.20. The maximum atomic E-state index is 5.76. The SMILES string of the molecule is CN(Cc1cnc(N(C)C)nc1)C[C@H]1CCCCO1. The van der Waals surface area contributed by atoms with E-state index in [1.54, 1.807) is 0 Å². The quantitative estimate of drug-likeness (QED) is 0.807. The average Bonchev–Trinajstić information content (AvgIpc) is 2.40. The van der Waals surface area contributed by atoms with Gasteiger partial charge in [-0.2, -0.15) is 0 Å². The van der Waals surface area contributed by atoms with E-state index in [1.165, 1.54) is 19.3 Å². The summed E-state index contributed by atoms with van der Waals surface area (Å²) in [6.45, 7) is 2.77. The molecule has 0 bridgehead atoms. The molecule has 2 heterocycles. The Morgan fingerprint density at radius 1 is 1.21 bits per heavy atom. The van der Waals surface area contributed by atoms with Crippen molar-refractivity contribution in [2.45, 2.75) is 31.9 Å². The molecule has 1 atom stereocenters. The summed E-state index contributed by atoms with van der Waals surface area (Å²) in [5.74, 6) is 0.752. The highest BCUT2D eigenvalue weighted by Gasteiger charge is 2.16. The van der Waals surface area contributed by atoms with Crippen LogP contribution in [0.2, 0.25) is 0 Å². The highest BCUT2D eigenvalue weighted by atomic mass is 16.5. The molecular weight excluding hydrogens is 240 g/mol. The zero-order valence-corrected chi connectivity index (χ0v) is 12.2. The molecule has 0 amide bonds. The normalized spacial score (nSPS) is 19.7. The van der Waals surface area contributed by atoms with Gasteiger partial charge in [0.25, 0.3) is 0 Å². The molecular formula is C14H24N4O. The van der Waals surface area contributed by atoms with Gasteiger partial charge in [-0.25, -0.2) is 9.97 Å². The summed E-state index contributed by atoms with van der Waals surface area (Å²) in [6, 6.07) is 0. The van der Waals surface area contributed by atoms with E-state index in [0.717, 1.165) is 31.2 Å². The van der Waals surface area contributed by atoms with Crippen molar-refractivity contribution < 1.29 is 4.74 Å². The zero-order valence-electron chi connectivity index (χ0n) is 12.2. The summed E-state index contributed by atoms with van der Waals surface area (Å²) in [5, 5.41) is 0. The molecule has 0 saturated carbocycles. The van der Waals surface area contributed by atoms with E-state index in [1.807, 2.05) is 31.4 Å². The Bertz CT molecular complexity index is 374. The fourth-order valence-electron chi connectivity index (χ4n) is 2.34. The van der Waals surface area contributed by atoms with E-state index in [0.29, 0.717) is 6.10 Å².